The van der Waals surface area contributed by atoms with Gasteiger partial charge in [-0.1, -0.05) is 0 Å². The topological polar surface area (TPSA) is 44.5 Å². The Morgan fingerprint density at radius 1 is 1.00 bits per heavy atom. The molecule has 0 atom stereocenters. The lowest BCUT2D eigenvalue weighted by Crippen LogP contribution is -2.44. The van der Waals surface area contributed by atoms with Crippen molar-refractivity contribution < 1.29 is 9.47 Å². The zero-order valence-corrected chi connectivity index (χ0v) is 10.8. The largest absolute Gasteiger partial charge is 0.493 e. The van der Waals surface area contributed by atoms with Gasteiger partial charge in [-0.15, -0.1) is 0 Å². The van der Waals surface area contributed by atoms with E-state index in [9.17, 15) is 0 Å². The highest BCUT2D eigenvalue weighted by atomic mass is 16.5. The Bertz CT molecular complexity index is 497. The first kappa shape index (κ1) is 10.7. The standard InChI is InChI=1S/C15H19NO2/c1-9-10-3-7-18-14(10)12(15(16)5-2-6-15)11-4-8-17-13(9)11/h2-8,16H2,1H3. The maximum Gasteiger partial charge on any atom is 0.128 e. The Kier molecular flexibility index (Phi) is 2.03. The lowest BCUT2D eigenvalue weighted by Gasteiger charge is -2.40. The molecule has 0 aromatic heterocycles. The first-order valence-corrected chi connectivity index (χ1v) is 6.94. The normalized spacial score (nSPS) is 22.8. The molecule has 0 bridgehead atoms. The molecule has 3 heteroatoms. The second-order valence-electron chi connectivity index (χ2n) is 5.82. The van der Waals surface area contributed by atoms with Gasteiger partial charge in [-0.05, 0) is 31.7 Å². The summed E-state index contributed by atoms with van der Waals surface area (Å²) in [7, 11) is 0. The lowest BCUT2D eigenvalue weighted by atomic mass is 9.69. The van der Waals surface area contributed by atoms with Crippen molar-refractivity contribution in [2.24, 2.45) is 5.73 Å². The summed E-state index contributed by atoms with van der Waals surface area (Å²) in [6.07, 6.45) is 5.38. The molecule has 2 aliphatic heterocycles. The molecule has 0 amide bonds. The van der Waals surface area contributed by atoms with Crippen LogP contribution in [-0.2, 0) is 18.4 Å². The quantitative estimate of drug-likeness (QED) is 0.825. The predicted octanol–water partition coefficient (Wildman–Crippen LogP) is 2.20. The fourth-order valence-corrected chi connectivity index (χ4v) is 3.67. The lowest BCUT2D eigenvalue weighted by molar-refractivity contribution is 0.240. The molecular weight excluding hydrogens is 226 g/mol. The van der Waals surface area contributed by atoms with Crippen LogP contribution in [0.3, 0.4) is 0 Å². The molecule has 1 saturated carbocycles. The van der Waals surface area contributed by atoms with E-state index in [4.69, 9.17) is 15.2 Å². The average Bonchev–Trinajstić information content (AvgIpc) is 2.94. The van der Waals surface area contributed by atoms with Crippen LogP contribution in [-0.4, -0.2) is 13.2 Å². The molecule has 0 spiro atoms. The number of rotatable bonds is 1. The van der Waals surface area contributed by atoms with Crippen molar-refractivity contribution >= 4 is 0 Å². The van der Waals surface area contributed by atoms with Gasteiger partial charge in [-0.25, -0.2) is 0 Å². The summed E-state index contributed by atoms with van der Waals surface area (Å²) in [6, 6.07) is 0. The van der Waals surface area contributed by atoms with Gasteiger partial charge < -0.3 is 15.2 Å². The van der Waals surface area contributed by atoms with Crippen molar-refractivity contribution in [3.63, 3.8) is 0 Å². The second-order valence-corrected chi connectivity index (χ2v) is 5.82. The van der Waals surface area contributed by atoms with Crippen LogP contribution in [0.15, 0.2) is 0 Å². The van der Waals surface area contributed by atoms with Gasteiger partial charge in [0.2, 0.25) is 0 Å². The second kappa shape index (κ2) is 3.41. The molecule has 1 aromatic carbocycles. The predicted molar refractivity (Wildman–Crippen MR) is 69.3 cm³/mol. The minimum absolute atomic E-state index is 0.153. The van der Waals surface area contributed by atoms with Crippen LogP contribution >= 0.6 is 0 Å². The summed E-state index contributed by atoms with van der Waals surface area (Å²) in [5.74, 6) is 2.20. The van der Waals surface area contributed by atoms with Gasteiger partial charge in [0.1, 0.15) is 11.5 Å². The molecule has 1 aromatic rings. The molecule has 0 radical (unpaired) electrons. The number of benzene rings is 1. The first-order chi connectivity index (χ1) is 8.71. The molecule has 3 aliphatic rings. The monoisotopic (exact) mass is 245 g/mol. The molecular formula is C15H19NO2. The van der Waals surface area contributed by atoms with E-state index in [0.717, 1.165) is 50.4 Å². The average molecular weight is 245 g/mol. The van der Waals surface area contributed by atoms with Crippen LogP contribution in [0.4, 0.5) is 0 Å². The number of hydrogen-bond donors (Lipinski definition) is 1. The molecule has 2 N–H and O–H groups in total. The molecule has 4 rings (SSSR count). The molecule has 1 aliphatic carbocycles. The smallest absolute Gasteiger partial charge is 0.128 e. The molecule has 18 heavy (non-hydrogen) atoms. The minimum atomic E-state index is -0.153. The first-order valence-electron chi connectivity index (χ1n) is 6.94. The van der Waals surface area contributed by atoms with Gasteiger partial charge in [0.05, 0.1) is 13.2 Å². The number of ether oxygens (including phenoxy) is 2. The van der Waals surface area contributed by atoms with Gasteiger partial charge >= 0.3 is 0 Å². The van der Waals surface area contributed by atoms with E-state index >= 15 is 0 Å². The molecule has 0 unspecified atom stereocenters. The van der Waals surface area contributed by atoms with Gasteiger partial charge in [-0.2, -0.15) is 0 Å². The SMILES string of the molecule is Cc1c2c(c(C3(N)CCC3)c3c1OCC3)OCC2. The summed E-state index contributed by atoms with van der Waals surface area (Å²) in [5, 5.41) is 0. The Morgan fingerprint density at radius 3 is 2.33 bits per heavy atom. The molecule has 1 fully saturated rings. The zero-order chi connectivity index (χ0) is 12.3. The van der Waals surface area contributed by atoms with Crippen molar-refractivity contribution in [1.82, 2.24) is 0 Å². The number of nitrogens with two attached hydrogens (primary N) is 1. The van der Waals surface area contributed by atoms with E-state index in [1.807, 2.05) is 0 Å². The fraction of sp³-hybridized carbons (Fsp3) is 0.600. The Hall–Kier alpha value is -1.22. The van der Waals surface area contributed by atoms with Gasteiger partial charge in [0.15, 0.2) is 0 Å². The Labute approximate surface area is 107 Å². The maximum absolute atomic E-state index is 6.58. The van der Waals surface area contributed by atoms with Crippen LogP contribution < -0.4 is 15.2 Å². The van der Waals surface area contributed by atoms with Gasteiger partial charge in [-0.3, -0.25) is 0 Å². The van der Waals surface area contributed by atoms with Crippen molar-refractivity contribution in [3.8, 4) is 11.5 Å². The third kappa shape index (κ3) is 1.18. The zero-order valence-electron chi connectivity index (χ0n) is 10.8. The number of hydrogen-bond acceptors (Lipinski definition) is 3. The van der Waals surface area contributed by atoms with E-state index in [2.05, 4.69) is 6.92 Å². The van der Waals surface area contributed by atoms with E-state index in [-0.39, 0.29) is 5.54 Å². The number of fused-ring (bicyclic) bond motifs is 2. The Morgan fingerprint density at radius 2 is 1.67 bits per heavy atom. The third-order valence-corrected chi connectivity index (χ3v) is 4.81. The van der Waals surface area contributed by atoms with Crippen molar-refractivity contribution in [3.05, 3.63) is 22.3 Å². The fourth-order valence-electron chi connectivity index (χ4n) is 3.67. The van der Waals surface area contributed by atoms with Crippen molar-refractivity contribution in [2.45, 2.75) is 44.6 Å². The van der Waals surface area contributed by atoms with Crippen LogP contribution in [0.2, 0.25) is 0 Å². The maximum atomic E-state index is 6.58. The van der Waals surface area contributed by atoms with E-state index in [0.29, 0.717) is 0 Å². The van der Waals surface area contributed by atoms with Crippen LogP contribution in [0.25, 0.3) is 0 Å². The molecule has 2 heterocycles. The van der Waals surface area contributed by atoms with E-state index < -0.39 is 0 Å². The van der Waals surface area contributed by atoms with E-state index in [1.165, 1.54) is 28.7 Å². The minimum Gasteiger partial charge on any atom is -0.493 e. The van der Waals surface area contributed by atoms with Crippen LogP contribution in [0, 0.1) is 6.92 Å². The third-order valence-electron chi connectivity index (χ3n) is 4.81. The Balaban J connectivity index is 2.01. The van der Waals surface area contributed by atoms with Gasteiger partial charge in [0, 0.05) is 35.1 Å². The summed E-state index contributed by atoms with van der Waals surface area (Å²) in [4.78, 5) is 0. The van der Waals surface area contributed by atoms with Crippen LogP contribution in [0.1, 0.15) is 41.5 Å². The highest BCUT2D eigenvalue weighted by Crippen LogP contribution is 2.52. The molecule has 96 valence electrons. The van der Waals surface area contributed by atoms with E-state index in [1.54, 1.807) is 0 Å². The summed E-state index contributed by atoms with van der Waals surface area (Å²) >= 11 is 0. The molecule has 0 saturated heterocycles. The summed E-state index contributed by atoms with van der Waals surface area (Å²) in [6.45, 7) is 3.75. The van der Waals surface area contributed by atoms with Crippen molar-refractivity contribution in [2.75, 3.05) is 13.2 Å². The summed E-state index contributed by atoms with van der Waals surface area (Å²) < 4.78 is 11.8. The summed E-state index contributed by atoms with van der Waals surface area (Å²) in [5.41, 5.74) is 11.7. The van der Waals surface area contributed by atoms with Crippen LogP contribution in [0.5, 0.6) is 11.5 Å². The highest BCUT2D eigenvalue weighted by Gasteiger charge is 2.43. The van der Waals surface area contributed by atoms with Crippen molar-refractivity contribution in [1.29, 1.82) is 0 Å². The van der Waals surface area contributed by atoms with Gasteiger partial charge in [0.25, 0.3) is 0 Å². The molecule has 3 nitrogen and oxygen atoms in total. The highest BCUT2D eigenvalue weighted by molar-refractivity contribution is 5.63.